The molecule has 0 spiro atoms. The van der Waals surface area contributed by atoms with Gasteiger partial charge in [-0.1, -0.05) is 25.1 Å². The molecule has 0 fully saturated rings. The fraction of sp³-hybridized carbons (Fsp3) is 0.381. The van der Waals surface area contributed by atoms with Crippen LogP contribution in [0.4, 0.5) is 19.3 Å². The van der Waals surface area contributed by atoms with Crippen LogP contribution in [0.3, 0.4) is 0 Å². The van der Waals surface area contributed by atoms with Crippen molar-refractivity contribution in [3.63, 3.8) is 0 Å². The Morgan fingerprint density at radius 3 is 2.36 bits per heavy atom. The number of nitrogens with zero attached hydrogens (tertiary/aromatic N) is 1. The van der Waals surface area contributed by atoms with Crippen LogP contribution in [-0.2, 0) is 10.7 Å². The molecule has 1 N–H and O–H groups in total. The summed E-state index contributed by atoms with van der Waals surface area (Å²) < 4.78 is 32.5. The summed E-state index contributed by atoms with van der Waals surface area (Å²) in [6.45, 7) is 7.66. The Kier molecular flexibility index (Phi) is 6.17. The molecule has 150 valence electrons. The van der Waals surface area contributed by atoms with Gasteiger partial charge in [0.2, 0.25) is 0 Å². The first-order chi connectivity index (χ1) is 12.9. The van der Waals surface area contributed by atoms with E-state index in [1.807, 2.05) is 0 Å². The van der Waals surface area contributed by atoms with Crippen molar-refractivity contribution >= 4 is 17.6 Å². The highest BCUT2D eigenvalue weighted by Gasteiger charge is 2.25. The van der Waals surface area contributed by atoms with Crippen LogP contribution in [0, 0.1) is 0 Å². The molecule has 5 nitrogen and oxygen atoms in total. The van der Waals surface area contributed by atoms with E-state index in [4.69, 9.17) is 4.74 Å². The number of aromatic nitrogens is 1. The van der Waals surface area contributed by atoms with Gasteiger partial charge >= 0.3 is 6.09 Å². The van der Waals surface area contributed by atoms with E-state index in [1.165, 1.54) is 30.5 Å². The zero-order chi connectivity index (χ0) is 21.1. The normalized spacial score (nSPS) is 11.8. The summed E-state index contributed by atoms with van der Waals surface area (Å²) in [6, 6.07) is 7.41. The molecule has 1 aromatic carbocycles. The van der Waals surface area contributed by atoms with Gasteiger partial charge in [0.15, 0.2) is 5.78 Å². The Morgan fingerprint density at radius 1 is 1.11 bits per heavy atom. The standard InChI is InChI=1S/C21H24F2N2O3/c1-6-17(26)18-16(25-19(27)28-20(2,3)4)11-14(12-24-18)13-8-7-9-15(10-13)21(5,22)23/h7-12H,6H2,1-5H3,(H,25,27). The van der Waals surface area contributed by atoms with Crippen molar-refractivity contribution in [2.24, 2.45) is 0 Å². The molecule has 1 aromatic heterocycles. The van der Waals surface area contributed by atoms with Crippen molar-refractivity contribution < 1.29 is 23.1 Å². The summed E-state index contributed by atoms with van der Waals surface area (Å²) in [5, 5.41) is 2.54. The molecule has 0 saturated carbocycles. The third kappa shape index (κ3) is 5.58. The smallest absolute Gasteiger partial charge is 0.412 e. The van der Waals surface area contributed by atoms with Gasteiger partial charge < -0.3 is 4.74 Å². The van der Waals surface area contributed by atoms with Crippen LogP contribution >= 0.6 is 0 Å². The maximum Gasteiger partial charge on any atom is 0.412 e. The average Bonchev–Trinajstić information content (AvgIpc) is 2.58. The number of hydrogen-bond donors (Lipinski definition) is 1. The Hall–Kier alpha value is -2.83. The maximum absolute atomic E-state index is 13.6. The van der Waals surface area contributed by atoms with E-state index in [-0.39, 0.29) is 29.1 Å². The van der Waals surface area contributed by atoms with Crippen LogP contribution in [0.5, 0.6) is 0 Å². The first-order valence-corrected chi connectivity index (χ1v) is 8.92. The molecule has 1 amide bonds. The van der Waals surface area contributed by atoms with Crippen molar-refractivity contribution in [3.8, 4) is 11.1 Å². The van der Waals surface area contributed by atoms with Gasteiger partial charge in [-0.05, 0) is 38.5 Å². The second-order valence-corrected chi connectivity index (χ2v) is 7.49. The zero-order valence-corrected chi connectivity index (χ0v) is 16.6. The van der Waals surface area contributed by atoms with Crippen LogP contribution in [0.15, 0.2) is 36.5 Å². The number of hydrogen-bond acceptors (Lipinski definition) is 4. The van der Waals surface area contributed by atoms with Gasteiger partial charge in [-0.15, -0.1) is 0 Å². The lowest BCUT2D eigenvalue weighted by Crippen LogP contribution is -2.28. The largest absolute Gasteiger partial charge is 0.444 e. The number of anilines is 1. The number of alkyl halides is 2. The highest BCUT2D eigenvalue weighted by atomic mass is 19.3. The molecule has 0 aliphatic rings. The lowest BCUT2D eigenvalue weighted by Gasteiger charge is -2.20. The van der Waals surface area contributed by atoms with E-state index < -0.39 is 17.6 Å². The highest BCUT2D eigenvalue weighted by molar-refractivity contribution is 6.02. The Labute approximate surface area is 163 Å². The highest BCUT2D eigenvalue weighted by Crippen LogP contribution is 2.31. The second kappa shape index (κ2) is 8.04. The molecule has 0 aliphatic heterocycles. The summed E-state index contributed by atoms with van der Waals surface area (Å²) in [5.74, 6) is -3.24. The van der Waals surface area contributed by atoms with Crippen molar-refractivity contribution in [1.82, 2.24) is 4.98 Å². The maximum atomic E-state index is 13.6. The topological polar surface area (TPSA) is 68.3 Å². The molecule has 7 heteroatoms. The van der Waals surface area contributed by atoms with E-state index in [0.29, 0.717) is 11.1 Å². The molecule has 28 heavy (non-hydrogen) atoms. The summed E-state index contributed by atoms with van der Waals surface area (Å²) in [6.07, 6.45) is 0.897. The molecule has 0 aliphatic carbocycles. The fourth-order valence-electron chi connectivity index (χ4n) is 2.49. The average molecular weight is 390 g/mol. The minimum atomic E-state index is -2.99. The second-order valence-electron chi connectivity index (χ2n) is 7.49. The Morgan fingerprint density at radius 2 is 1.79 bits per heavy atom. The zero-order valence-electron chi connectivity index (χ0n) is 16.6. The lowest BCUT2D eigenvalue weighted by atomic mass is 10.0. The first kappa shape index (κ1) is 21.5. The Balaban J connectivity index is 2.46. The van der Waals surface area contributed by atoms with E-state index in [0.717, 1.165) is 6.92 Å². The van der Waals surface area contributed by atoms with Crippen LogP contribution in [0.25, 0.3) is 11.1 Å². The number of rotatable bonds is 5. The molecular formula is C21H24F2N2O3. The van der Waals surface area contributed by atoms with Crippen LogP contribution in [0.1, 0.15) is 57.1 Å². The molecular weight excluding hydrogens is 366 g/mol. The van der Waals surface area contributed by atoms with Gasteiger partial charge in [0.05, 0.1) is 5.69 Å². The van der Waals surface area contributed by atoms with Crippen molar-refractivity contribution in [3.05, 3.63) is 47.8 Å². The molecule has 2 rings (SSSR count). The van der Waals surface area contributed by atoms with Gasteiger partial charge in [-0.3, -0.25) is 15.1 Å². The van der Waals surface area contributed by atoms with Gasteiger partial charge in [0, 0.05) is 30.7 Å². The fourth-order valence-corrected chi connectivity index (χ4v) is 2.49. The molecule has 0 unspecified atom stereocenters. The summed E-state index contributed by atoms with van der Waals surface area (Å²) >= 11 is 0. The van der Waals surface area contributed by atoms with Crippen molar-refractivity contribution in [2.45, 2.75) is 52.6 Å². The van der Waals surface area contributed by atoms with Gasteiger partial charge in [0.25, 0.3) is 5.92 Å². The number of Topliss-reactive ketones (excluding diaryl/α,β-unsaturated/α-hetero) is 1. The minimum Gasteiger partial charge on any atom is -0.444 e. The molecule has 0 saturated heterocycles. The van der Waals surface area contributed by atoms with Crippen molar-refractivity contribution in [1.29, 1.82) is 0 Å². The number of pyridine rings is 1. The summed E-state index contributed by atoms with van der Waals surface area (Å²) in [5.41, 5.74) is 0.395. The monoisotopic (exact) mass is 390 g/mol. The van der Waals surface area contributed by atoms with Gasteiger partial charge in [-0.2, -0.15) is 0 Å². The molecule has 0 bridgehead atoms. The predicted molar refractivity (Wildman–Crippen MR) is 104 cm³/mol. The molecule has 0 radical (unpaired) electrons. The SMILES string of the molecule is CCC(=O)c1ncc(-c2cccc(C(C)(F)F)c2)cc1NC(=O)OC(C)(C)C. The predicted octanol–water partition coefficient (Wildman–Crippen LogP) is 5.80. The first-order valence-electron chi connectivity index (χ1n) is 8.92. The van der Waals surface area contributed by atoms with Crippen molar-refractivity contribution in [2.75, 3.05) is 5.32 Å². The van der Waals surface area contributed by atoms with Crippen LogP contribution in [-0.4, -0.2) is 22.5 Å². The van der Waals surface area contributed by atoms with E-state index in [1.54, 1.807) is 33.8 Å². The third-order valence-electron chi connectivity index (χ3n) is 3.81. The quantitative estimate of drug-likeness (QED) is 0.655. The van der Waals surface area contributed by atoms with Gasteiger partial charge in [0.1, 0.15) is 11.3 Å². The van der Waals surface area contributed by atoms with Gasteiger partial charge in [-0.25, -0.2) is 13.6 Å². The third-order valence-corrected chi connectivity index (χ3v) is 3.81. The van der Waals surface area contributed by atoms with E-state index in [9.17, 15) is 18.4 Å². The Bertz CT molecular complexity index is 884. The molecule has 0 atom stereocenters. The summed E-state index contributed by atoms with van der Waals surface area (Å²) in [7, 11) is 0. The number of amides is 1. The lowest BCUT2D eigenvalue weighted by molar-refractivity contribution is 0.0175. The molecule has 1 heterocycles. The number of carbonyl (C=O) groups is 2. The number of ketones is 1. The van der Waals surface area contributed by atoms with Crippen LogP contribution < -0.4 is 5.32 Å². The summed E-state index contributed by atoms with van der Waals surface area (Å²) in [4.78, 5) is 28.5. The number of benzene rings is 1. The number of nitrogens with one attached hydrogen (secondary N) is 1. The van der Waals surface area contributed by atoms with E-state index in [2.05, 4.69) is 10.3 Å². The van der Waals surface area contributed by atoms with Crippen LogP contribution in [0.2, 0.25) is 0 Å². The number of ether oxygens (including phenoxy) is 1. The number of halogens is 2. The van der Waals surface area contributed by atoms with E-state index >= 15 is 0 Å². The molecule has 2 aromatic rings. The minimum absolute atomic E-state index is 0.0917. The number of carbonyl (C=O) groups excluding carboxylic acids is 2.